The van der Waals surface area contributed by atoms with Gasteiger partial charge in [-0.1, -0.05) is 48.2 Å². The molecule has 204 valence electrons. The second-order valence-corrected chi connectivity index (χ2v) is 9.81. The number of hydrogen-bond donors (Lipinski definition) is 4. The van der Waals surface area contributed by atoms with Crippen LogP contribution in [0.5, 0.6) is 0 Å². The van der Waals surface area contributed by atoms with E-state index in [2.05, 4.69) is 52.2 Å². The number of nitrogens with zero attached hydrogens (tertiary/aromatic N) is 3. The third-order valence-electron chi connectivity index (χ3n) is 5.97. The van der Waals surface area contributed by atoms with Crippen LogP contribution < -0.4 is 144 Å². The van der Waals surface area contributed by atoms with E-state index in [1.165, 1.54) is 11.8 Å². The molecule has 1 saturated carbocycles. The fraction of sp³-hybridized carbons (Fsp3) is 0.286. The van der Waals surface area contributed by atoms with Gasteiger partial charge < -0.3 is 40.0 Å². The Morgan fingerprint density at radius 3 is 2.10 bits per heavy atom. The van der Waals surface area contributed by atoms with Crippen LogP contribution in [0.1, 0.15) is 54.8 Å². The summed E-state index contributed by atoms with van der Waals surface area (Å²) in [5.41, 5.74) is 10.1. The van der Waals surface area contributed by atoms with E-state index in [0.29, 0.717) is 17.8 Å². The molecule has 2 atom stereocenters. The third-order valence-corrected chi connectivity index (χ3v) is 6.45. The van der Waals surface area contributed by atoms with Crippen molar-refractivity contribution in [3.63, 3.8) is 0 Å². The standard InChI is InChI=1S/C25H28N3O5P.CHN.2CH3.2Cs/c1-17(29)25-27-12-13-28(25)24(16-33-34(30,31)32)11-4-18-2-5-19(6-3-18)20-7-9-21(10-8-20)22-14-23(26)15-22;1-2;;;;/h2-3,5-10,12-13,17,22-24,29H,14-16,26H2,1H3,(H2,30,31,32);1H;2*1H3;;/q;;2*-1;2*+1/t17-,22?,23?,24?;;;;;/m0...../s1. The van der Waals surface area contributed by atoms with E-state index in [0.717, 1.165) is 29.5 Å². The summed E-state index contributed by atoms with van der Waals surface area (Å²) in [5, 5.41) is 16.4. The van der Waals surface area contributed by atoms with Gasteiger partial charge >= 0.3 is 146 Å². The van der Waals surface area contributed by atoms with Crippen molar-refractivity contribution >= 4 is 7.82 Å². The maximum absolute atomic E-state index is 11.2. The number of nitrogens with two attached hydrogens (primary N) is 1. The molecule has 1 aliphatic carbocycles. The summed E-state index contributed by atoms with van der Waals surface area (Å²) in [4.78, 5) is 22.3. The molecule has 1 unspecified atom stereocenters. The van der Waals surface area contributed by atoms with Gasteiger partial charge in [0, 0.05) is 30.6 Å². The van der Waals surface area contributed by atoms with E-state index in [1.807, 2.05) is 24.3 Å². The van der Waals surface area contributed by atoms with Crippen LogP contribution in [0.15, 0.2) is 60.9 Å². The Hall–Kier alpha value is 0.834. The maximum Gasteiger partial charge on any atom is 1.00 e. The summed E-state index contributed by atoms with van der Waals surface area (Å²) in [6, 6.07) is 15.9. The fourth-order valence-electron chi connectivity index (χ4n) is 4.07. The minimum absolute atomic E-state index is 0. The van der Waals surface area contributed by atoms with Crippen molar-refractivity contribution < 1.29 is 162 Å². The molecule has 0 bridgehead atoms. The number of hydrogen-bond acceptors (Lipinski definition) is 6. The monoisotopic (exact) mass is 804 g/mol. The molecule has 1 fully saturated rings. The largest absolute Gasteiger partial charge is 1.00 e. The zero-order valence-electron chi connectivity index (χ0n) is 23.8. The van der Waals surface area contributed by atoms with Crippen molar-refractivity contribution in [2.24, 2.45) is 5.73 Å². The normalized spacial score (nSPS) is 16.7. The minimum Gasteiger partial charge on any atom is -0.385 e. The zero-order chi connectivity index (χ0) is 26.3. The summed E-state index contributed by atoms with van der Waals surface area (Å²) in [5.74, 6) is 6.91. The topological polar surface area (TPSA) is 155 Å². The Balaban J connectivity index is 0. The van der Waals surface area contributed by atoms with Crippen LogP contribution in [0.2, 0.25) is 0 Å². The van der Waals surface area contributed by atoms with E-state index in [1.54, 1.807) is 17.7 Å². The van der Waals surface area contributed by atoms with Gasteiger partial charge in [-0.15, -0.1) is 0 Å². The number of benzene rings is 2. The number of aliphatic hydroxyl groups excluding tert-OH is 1. The molecule has 4 rings (SSSR count). The summed E-state index contributed by atoms with van der Waals surface area (Å²) in [7, 11) is -4.68. The van der Waals surface area contributed by atoms with Crippen molar-refractivity contribution in [2.75, 3.05) is 6.61 Å². The molecule has 1 heterocycles. The summed E-state index contributed by atoms with van der Waals surface area (Å²) < 4.78 is 17.4. The molecule has 40 heavy (non-hydrogen) atoms. The molecule has 0 amide bonds. The Morgan fingerprint density at radius 1 is 1.10 bits per heavy atom. The first kappa shape index (κ1) is 43.0. The zero-order valence-corrected chi connectivity index (χ0v) is 37.3. The molecule has 0 spiro atoms. The first-order chi connectivity index (χ1) is 17.2. The second kappa shape index (κ2) is 20.7. The number of imidazole rings is 1. The molecule has 5 N–H and O–H groups in total. The predicted octanol–water partition coefficient (Wildman–Crippen LogP) is -1.44. The van der Waals surface area contributed by atoms with Crippen molar-refractivity contribution in [1.29, 1.82) is 5.26 Å². The van der Waals surface area contributed by atoms with Crippen LogP contribution in [0.3, 0.4) is 0 Å². The molecule has 1 aromatic heterocycles. The van der Waals surface area contributed by atoms with Gasteiger partial charge in [0.15, 0.2) is 0 Å². The number of aliphatic hydroxyl groups is 1. The Bertz CT molecular complexity index is 1280. The van der Waals surface area contributed by atoms with Gasteiger partial charge in [-0.25, -0.2) is 14.8 Å². The number of aromatic nitrogens is 2. The van der Waals surface area contributed by atoms with E-state index in [4.69, 9.17) is 20.8 Å². The molecule has 0 aliphatic heterocycles. The summed E-state index contributed by atoms with van der Waals surface area (Å²) in [6.45, 7) is 4.70. The molecular weight excluding hydrogens is 769 g/mol. The van der Waals surface area contributed by atoms with Crippen LogP contribution in [-0.2, 0) is 9.09 Å². The van der Waals surface area contributed by atoms with Gasteiger partial charge in [0.25, 0.3) is 0 Å². The Kier molecular flexibility index (Phi) is 22.3. The minimum atomic E-state index is -4.68. The van der Waals surface area contributed by atoms with Crippen molar-refractivity contribution in [2.45, 2.75) is 43.9 Å². The van der Waals surface area contributed by atoms with Crippen molar-refractivity contribution in [3.05, 3.63) is 92.7 Å². The molecule has 12 heteroatoms. The number of nitriles is 1. The Labute approximate surface area is 355 Å². The quantitative estimate of drug-likeness (QED) is 0.129. The molecule has 3 aromatic rings. The van der Waals surface area contributed by atoms with E-state index in [-0.39, 0.29) is 159 Å². The van der Waals surface area contributed by atoms with Crippen molar-refractivity contribution in [1.82, 2.24) is 9.55 Å². The van der Waals surface area contributed by atoms with Gasteiger partial charge in [-0.2, -0.15) is 0 Å². The van der Waals surface area contributed by atoms with Crippen LogP contribution in [0.25, 0.3) is 11.1 Å². The summed E-state index contributed by atoms with van der Waals surface area (Å²) >= 11 is 0. The van der Waals surface area contributed by atoms with Crippen LogP contribution in [0.4, 0.5) is 0 Å². The Morgan fingerprint density at radius 2 is 1.62 bits per heavy atom. The molecule has 9 nitrogen and oxygen atoms in total. The SMILES string of the molecule is C#N.C[C@H](O)c1nccn1C(C#Cc1ccc(-c2ccc(C3CC(N)C3)cc2)cc1)COP(=O)(O)O.[CH3-].[CH3-].[Cs+].[Cs+]. The number of phosphoric ester groups is 1. The van der Waals surface area contributed by atoms with Gasteiger partial charge in [0.2, 0.25) is 0 Å². The third kappa shape index (κ3) is 12.8. The summed E-state index contributed by atoms with van der Waals surface area (Å²) in [6.07, 6.45) is 4.30. The van der Waals surface area contributed by atoms with Gasteiger partial charge in [0.1, 0.15) is 18.0 Å². The first-order valence-electron chi connectivity index (χ1n) is 11.3. The molecule has 0 radical (unpaired) electrons. The predicted molar refractivity (Wildman–Crippen MR) is 148 cm³/mol. The molecular formula is C28H35Cs2N4O5P. The van der Waals surface area contributed by atoms with Crippen LogP contribution >= 0.6 is 7.82 Å². The van der Waals surface area contributed by atoms with Gasteiger partial charge in [-0.3, -0.25) is 4.52 Å². The number of rotatable bonds is 7. The average molecular weight is 804 g/mol. The average Bonchev–Trinajstić information content (AvgIpc) is 3.33. The first-order valence-corrected chi connectivity index (χ1v) is 12.9. The molecule has 1 aliphatic rings. The van der Waals surface area contributed by atoms with Crippen LogP contribution in [0, 0.1) is 38.5 Å². The maximum atomic E-state index is 11.2. The smallest absolute Gasteiger partial charge is 0.385 e. The second-order valence-electron chi connectivity index (χ2n) is 8.57. The van der Waals surface area contributed by atoms with E-state index < -0.39 is 20.0 Å². The van der Waals surface area contributed by atoms with Gasteiger partial charge in [0.05, 0.1) is 6.61 Å². The van der Waals surface area contributed by atoms with Crippen LogP contribution in [-0.4, -0.2) is 37.1 Å². The van der Waals surface area contributed by atoms with Crippen molar-refractivity contribution in [3.8, 4) is 29.5 Å². The van der Waals surface area contributed by atoms with Gasteiger partial charge in [-0.05, 0) is 54.5 Å². The number of phosphoric acid groups is 1. The molecule has 0 saturated heterocycles. The van der Waals surface area contributed by atoms with E-state index >= 15 is 0 Å². The van der Waals surface area contributed by atoms with E-state index in [9.17, 15) is 9.67 Å². The molecule has 2 aromatic carbocycles. The fourth-order valence-corrected chi connectivity index (χ4v) is 4.40.